The molecule has 0 fully saturated rings. The van der Waals surface area contributed by atoms with E-state index in [1.807, 2.05) is 37.2 Å². The van der Waals surface area contributed by atoms with Crippen LogP contribution in [0.15, 0.2) is 59.7 Å². The number of aromatic nitrogens is 3. The summed E-state index contributed by atoms with van der Waals surface area (Å²) in [5.41, 5.74) is 6.48. The lowest BCUT2D eigenvalue weighted by Gasteiger charge is -2.18. The Hall–Kier alpha value is -3.48. The summed E-state index contributed by atoms with van der Waals surface area (Å²) in [6.07, 6.45) is 1.75. The zero-order valence-electron chi connectivity index (χ0n) is 18.2. The Balaban J connectivity index is 1.70. The third-order valence-corrected chi connectivity index (χ3v) is 4.47. The molecule has 3 aromatic rings. The molecule has 0 aliphatic heterocycles. The van der Waals surface area contributed by atoms with Gasteiger partial charge in [-0.15, -0.1) is 0 Å². The van der Waals surface area contributed by atoms with Crippen LogP contribution in [0, 0.1) is 0 Å². The number of rotatable bonds is 7. The maximum atomic E-state index is 4.45. The topological polar surface area (TPSA) is 78.3 Å². The van der Waals surface area contributed by atoms with E-state index in [1.54, 1.807) is 6.21 Å². The van der Waals surface area contributed by atoms with Crippen molar-refractivity contribution in [2.24, 2.45) is 5.10 Å². The summed E-state index contributed by atoms with van der Waals surface area (Å²) in [6, 6.07) is 18.5. The molecule has 2 aromatic carbocycles. The fourth-order valence-electron chi connectivity index (χ4n) is 2.70. The van der Waals surface area contributed by atoms with Crippen molar-refractivity contribution in [3.05, 3.63) is 71.3 Å². The highest BCUT2D eigenvalue weighted by atomic mass is 15.4. The SMILES string of the molecule is CN(C)c1nc(NCc2ccccc2)nc(N/N=C\c2ccc(C(C)(C)C)cc2)n1. The summed E-state index contributed by atoms with van der Waals surface area (Å²) in [5.74, 6) is 1.42. The van der Waals surface area contributed by atoms with Gasteiger partial charge in [-0.3, -0.25) is 0 Å². The van der Waals surface area contributed by atoms with Gasteiger partial charge in [-0.25, -0.2) is 5.43 Å². The van der Waals surface area contributed by atoms with Crippen molar-refractivity contribution in [2.75, 3.05) is 29.7 Å². The van der Waals surface area contributed by atoms with E-state index in [0.29, 0.717) is 24.4 Å². The molecule has 0 saturated carbocycles. The number of hydrogen-bond acceptors (Lipinski definition) is 7. The first-order valence-corrected chi connectivity index (χ1v) is 9.92. The number of nitrogens with one attached hydrogen (secondary N) is 2. The summed E-state index contributed by atoms with van der Waals surface area (Å²) in [6.45, 7) is 7.22. The Kier molecular flexibility index (Phi) is 6.61. The van der Waals surface area contributed by atoms with Gasteiger partial charge in [-0.2, -0.15) is 20.1 Å². The zero-order valence-corrected chi connectivity index (χ0v) is 18.2. The molecule has 0 unspecified atom stereocenters. The average molecular weight is 404 g/mol. The highest BCUT2D eigenvalue weighted by Gasteiger charge is 2.12. The van der Waals surface area contributed by atoms with Crippen LogP contribution in [0.3, 0.4) is 0 Å². The predicted octanol–water partition coefficient (Wildman–Crippen LogP) is 4.29. The summed E-state index contributed by atoms with van der Waals surface area (Å²) in [5, 5.41) is 7.53. The Morgan fingerprint density at radius 3 is 2.20 bits per heavy atom. The van der Waals surface area contributed by atoms with Crippen LogP contribution < -0.4 is 15.6 Å². The minimum atomic E-state index is 0.129. The minimum absolute atomic E-state index is 0.129. The Bertz CT molecular complexity index is 975. The van der Waals surface area contributed by atoms with Crippen molar-refractivity contribution < 1.29 is 0 Å². The molecule has 30 heavy (non-hydrogen) atoms. The van der Waals surface area contributed by atoms with Crippen LogP contribution in [-0.2, 0) is 12.0 Å². The largest absolute Gasteiger partial charge is 0.350 e. The molecule has 7 heteroatoms. The molecule has 0 aliphatic rings. The molecule has 0 saturated heterocycles. The van der Waals surface area contributed by atoms with E-state index >= 15 is 0 Å². The average Bonchev–Trinajstić information content (AvgIpc) is 2.72. The summed E-state index contributed by atoms with van der Waals surface area (Å²) in [7, 11) is 3.78. The molecular weight excluding hydrogens is 374 g/mol. The molecule has 0 aliphatic carbocycles. The third kappa shape index (κ3) is 6.01. The molecule has 2 N–H and O–H groups in total. The third-order valence-electron chi connectivity index (χ3n) is 4.47. The van der Waals surface area contributed by atoms with Crippen molar-refractivity contribution >= 4 is 24.1 Å². The zero-order chi connectivity index (χ0) is 21.6. The van der Waals surface area contributed by atoms with Crippen LogP contribution in [0.5, 0.6) is 0 Å². The highest BCUT2D eigenvalue weighted by Crippen LogP contribution is 2.21. The van der Waals surface area contributed by atoms with Crippen LogP contribution in [0.2, 0.25) is 0 Å². The van der Waals surface area contributed by atoms with E-state index in [2.05, 4.69) is 88.0 Å². The van der Waals surface area contributed by atoms with Gasteiger partial charge in [0.15, 0.2) is 0 Å². The monoisotopic (exact) mass is 403 g/mol. The predicted molar refractivity (Wildman–Crippen MR) is 124 cm³/mol. The molecule has 7 nitrogen and oxygen atoms in total. The van der Waals surface area contributed by atoms with Gasteiger partial charge < -0.3 is 10.2 Å². The summed E-state index contributed by atoms with van der Waals surface area (Å²) in [4.78, 5) is 15.1. The summed E-state index contributed by atoms with van der Waals surface area (Å²) >= 11 is 0. The first kappa shape index (κ1) is 21.2. The Morgan fingerprint density at radius 2 is 1.57 bits per heavy atom. The maximum Gasteiger partial charge on any atom is 0.250 e. The van der Waals surface area contributed by atoms with Crippen molar-refractivity contribution in [1.29, 1.82) is 0 Å². The van der Waals surface area contributed by atoms with Crippen LogP contribution in [0.25, 0.3) is 0 Å². The lowest BCUT2D eigenvalue weighted by molar-refractivity contribution is 0.590. The van der Waals surface area contributed by atoms with Gasteiger partial charge in [0, 0.05) is 20.6 Å². The van der Waals surface area contributed by atoms with E-state index in [4.69, 9.17) is 0 Å². The number of hydrogen-bond donors (Lipinski definition) is 2. The fourth-order valence-corrected chi connectivity index (χ4v) is 2.70. The quantitative estimate of drug-likeness (QED) is 0.452. The van der Waals surface area contributed by atoms with Gasteiger partial charge in [-0.1, -0.05) is 75.4 Å². The molecule has 3 rings (SSSR count). The normalized spacial score (nSPS) is 11.5. The second kappa shape index (κ2) is 9.35. The van der Waals surface area contributed by atoms with Gasteiger partial charge >= 0.3 is 0 Å². The van der Waals surface area contributed by atoms with Crippen LogP contribution in [0.1, 0.15) is 37.5 Å². The molecule has 1 aromatic heterocycles. The maximum absolute atomic E-state index is 4.45. The molecule has 0 bridgehead atoms. The van der Waals surface area contributed by atoms with Crippen LogP contribution in [-0.4, -0.2) is 35.3 Å². The van der Waals surface area contributed by atoms with Crippen LogP contribution in [0.4, 0.5) is 17.8 Å². The molecule has 1 heterocycles. The van der Waals surface area contributed by atoms with E-state index in [0.717, 1.165) is 11.1 Å². The van der Waals surface area contributed by atoms with Crippen LogP contribution >= 0.6 is 0 Å². The van der Waals surface area contributed by atoms with Gasteiger partial charge in [0.2, 0.25) is 17.8 Å². The van der Waals surface area contributed by atoms with E-state index < -0.39 is 0 Å². The van der Waals surface area contributed by atoms with Gasteiger partial charge in [0.05, 0.1) is 6.21 Å². The van der Waals surface area contributed by atoms with E-state index in [9.17, 15) is 0 Å². The summed E-state index contributed by atoms with van der Waals surface area (Å²) < 4.78 is 0. The van der Waals surface area contributed by atoms with Gasteiger partial charge in [-0.05, 0) is 22.1 Å². The van der Waals surface area contributed by atoms with E-state index in [1.165, 1.54) is 5.56 Å². The second-order valence-corrected chi connectivity index (χ2v) is 8.26. The van der Waals surface area contributed by atoms with Gasteiger partial charge in [0.25, 0.3) is 0 Å². The fraction of sp³-hybridized carbons (Fsp3) is 0.304. The molecule has 0 spiro atoms. The molecule has 0 atom stereocenters. The number of benzene rings is 2. The second-order valence-electron chi connectivity index (χ2n) is 8.26. The van der Waals surface area contributed by atoms with E-state index in [-0.39, 0.29) is 5.41 Å². The lowest BCUT2D eigenvalue weighted by atomic mass is 9.87. The first-order chi connectivity index (χ1) is 14.3. The number of nitrogens with zero attached hydrogens (tertiary/aromatic N) is 5. The van der Waals surface area contributed by atoms with Crippen molar-refractivity contribution in [3.8, 4) is 0 Å². The van der Waals surface area contributed by atoms with Crippen molar-refractivity contribution in [3.63, 3.8) is 0 Å². The number of anilines is 3. The first-order valence-electron chi connectivity index (χ1n) is 9.92. The Morgan fingerprint density at radius 1 is 0.900 bits per heavy atom. The minimum Gasteiger partial charge on any atom is -0.350 e. The standard InChI is InChI=1S/C23H29N7/c1-23(2,3)19-13-11-18(12-14-19)16-25-29-21-26-20(27-22(28-21)30(4)5)24-15-17-9-7-6-8-10-17/h6-14,16H,15H2,1-5H3,(H2,24,26,27,28,29)/b25-16-. The van der Waals surface area contributed by atoms with Crippen molar-refractivity contribution in [2.45, 2.75) is 32.7 Å². The number of hydrazone groups is 1. The van der Waals surface area contributed by atoms with Gasteiger partial charge in [0.1, 0.15) is 0 Å². The molecule has 156 valence electrons. The Labute approximate surface area is 178 Å². The smallest absolute Gasteiger partial charge is 0.250 e. The van der Waals surface area contributed by atoms with Crippen molar-refractivity contribution in [1.82, 2.24) is 15.0 Å². The molecule has 0 amide bonds. The molecular formula is C23H29N7. The lowest BCUT2D eigenvalue weighted by Crippen LogP contribution is -2.16. The highest BCUT2D eigenvalue weighted by molar-refractivity contribution is 5.80. The molecule has 0 radical (unpaired) electrons.